The number of benzene rings is 1. The van der Waals surface area contributed by atoms with Gasteiger partial charge in [-0.2, -0.15) is 5.26 Å². The lowest BCUT2D eigenvalue weighted by Gasteiger charge is -2.08. The molecule has 0 fully saturated rings. The van der Waals surface area contributed by atoms with E-state index < -0.39 is 0 Å². The van der Waals surface area contributed by atoms with Crippen molar-refractivity contribution in [2.24, 2.45) is 0 Å². The fourth-order valence-corrected chi connectivity index (χ4v) is 1.32. The smallest absolute Gasteiger partial charge is 0.311 e. The number of esters is 1. The average Bonchev–Trinajstić information content (AvgIpc) is 2.36. The zero-order valence-corrected chi connectivity index (χ0v) is 10.0. The molecule has 4 heteroatoms. The Morgan fingerprint density at radius 2 is 2.18 bits per heavy atom. The molecule has 0 heterocycles. The van der Waals surface area contributed by atoms with Crippen LogP contribution in [0.3, 0.4) is 0 Å². The van der Waals surface area contributed by atoms with Gasteiger partial charge in [0.25, 0.3) is 0 Å². The first-order valence-electron chi connectivity index (χ1n) is 5.50. The van der Waals surface area contributed by atoms with Crippen LogP contribution in [-0.2, 0) is 4.79 Å². The summed E-state index contributed by atoms with van der Waals surface area (Å²) in [6.07, 6.45) is 2.14. The molecule has 0 aliphatic carbocycles. The summed E-state index contributed by atoms with van der Waals surface area (Å²) in [7, 11) is 1.47. The second-order valence-electron chi connectivity index (χ2n) is 3.56. The normalized spacial score (nSPS) is 9.47. The number of methoxy groups -OCH3 is 1. The van der Waals surface area contributed by atoms with Crippen LogP contribution in [0, 0.1) is 11.3 Å². The predicted molar refractivity (Wildman–Crippen MR) is 62.9 cm³/mol. The molecule has 4 nitrogen and oxygen atoms in total. The summed E-state index contributed by atoms with van der Waals surface area (Å²) >= 11 is 0. The quantitative estimate of drug-likeness (QED) is 0.579. The highest BCUT2D eigenvalue weighted by molar-refractivity contribution is 5.73. The number of hydrogen-bond donors (Lipinski definition) is 0. The molecule has 0 aliphatic rings. The Morgan fingerprint density at radius 3 is 2.76 bits per heavy atom. The van der Waals surface area contributed by atoms with Gasteiger partial charge < -0.3 is 9.47 Å². The molecule has 0 amide bonds. The molecule has 1 aromatic carbocycles. The van der Waals surface area contributed by atoms with E-state index in [1.807, 2.05) is 13.0 Å². The minimum atomic E-state index is -0.283. The highest BCUT2D eigenvalue weighted by Gasteiger charge is 2.10. The number of ether oxygens (including phenoxy) is 2. The molecular weight excluding hydrogens is 218 g/mol. The Morgan fingerprint density at radius 1 is 1.41 bits per heavy atom. The van der Waals surface area contributed by atoms with E-state index in [9.17, 15) is 4.79 Å². The third-order valence-corrected chi connectivity index (χ3v) is 2.25. The summed E-state index contributed by atoms with van der Waals surface area (Å²) in [6.45, 7) is 2.01. The molecular formula is C13H15NO3. The zero-order valence-electron chi connectivity index (χ0n) is 10.0. The number of carbonyl (C=O) groups is 1. The summed E-state index contributed by atoms with van der Waals surface area (Å²) < 4.78 is 10.2. The van der Waals surface area contributed by atoms with Crippen molar-refractivity contribution in [3.8, 4) is 17.6 Å². The number of nitrogens with zero attached hydrogens (tertiary/aromatic N) is 1. The van der Waals surface area contributed by atoms with Crippen molar-refractivity contribution in [3.05, 3.63) is 23.8 Å². The van der Waals surface area contributed by atoms with Crippen molar-refractivity contribution in [3.63, 3.8) is 0 Å². The summed E-state index contributed by atoms with van der Waals surface area (Å²) in [5, 5.41) is 8.73. The van der Waals surface area contributed by atoms with E-state index in [4.69, 9.17) is 14.7 Å². The van der Waals surface area contributed by atoms with Crippen LogP contribution in [0.25, 0.3) is 0 Å². The number of unbranched alkanes of at least 4 members (excludes halogenated alkanes) is 1. The SMILES string of the molecule is CCCCC(=O)Oc1ccc(C#N)cc1OC. The van der Waals surface area contributed by atoms with Crippen molar-refractivity contribution in [1.29, 1.82) is 5.26 Å². The van der Waals surface area contributed by atoms with Gasteiger partial charge in [0.1, 0.15) is 0 Å². The van der Waals surface area contributed by atoms with Crippen molar-refractivity contribution in [1.82, 2.24) is 0 Å². The van der Waals surface area contributed by atoms with Crippen molar-refractivity contribution >= 4 is 5.97 Å². The van der Waals surface area contributed by atoms with E-state index in [2.05, 4.69) is 0 Å². The molecule has 17 heavy (non-hydrogen) atoms. The molecule has 0 unspecified atom stereocenters. The molecule has 0 atom stereocenters. The standard InChI is InChI=1S/C13H15NO3/c1-3-4-5-13(15)17-11-7-6-10(9-14)8-12(11)16-2/h6-8H,3-5H2,1-2H3. The fraction of sp³-hybridized carbons (Fsp3) is 0.385. The molecule has 0 N–H and O–H groups in total. The Balaban J connectivity index is 2.77. The second kappa shape index (κ2) is 6.54. The molecule has 90 valence electrons. The second-order valence-corrected chi connectivity index (χ2v) is 3.56. The van der Waals surface area contributed by atoms with Crippen molar-refractivity contribution in [2.45, 2.75) is 26.2 Å². The van der Waals surface area contributed by atoms with Gasteiger partial charge in [-0.1, -0.05) is 13.3 Å². The Hall–Kier alpha value is -2.02. The third-order valence-electron chi connectivity index (χ3n) is 2.25. The minimum absolute atomic E-state index is 0.283. The Labute approximate surface area is 101 Å². The average molecular weight is 233 g/mol. The Kier molecular flexibility index (Phi) is 5.02. The lowest BCUT2D eigenvalue weighted by molar-refractivity contribution is -0.134. The first-order valence-corrected chi connectivity index (χ1v) is 5.50. The van der Waals surface area contributed by atoms with E-state index in [1.165, 1.54) is 7.11 Å². The van der Waals surface area contributed by atoms with Crippen LogP contribution >= 0.6 is 0 Å². The van der Waals surface area contributed by atoms with E-state index in [1.54, 1.807) is 18.2 Å². The van der Waals surface area contributed by atoms with Gasteiger partial charge in [0.15, 0.2) is 11.5 Å². The van der Waals surface area contributed by atoms with E-state index in [-0.39, 0.29) is 5.97 Å². The zero-order chi connectivity index (χ0) is 12.7. The third kappa shape index (κ3) is 3.80. The maximum absolute atomic E-state index is 11.5. The molecule has 0 aromatic heterocycles. The van der Waals surface area contributed by atoms with Gasteiger partial charge in [-0.15, -0.1) is 0 Å². The van der Waals surface area contributed by atoms with Gasteiger partial charge in [-0.3, -0.25) is 4.79 Å². The molecule has 0 spiro atoms. The lowest BCUT2D eigenvalue weighted by Crippen LogP contribution is -2.08. The monoisotopic (exact) mass is 233 g/mol. The first kappa shape index (κ1) is 13.0. The van der Waals surface area contributed by atoms with Crippen LogP contribution in [0.4, 0.5) is 0 Å². The molecule has 0 saturated carbocycles. The van der Waals surface area contributed by atoms with E-state index in [0.29, 0.717) is 23.5 Å². The van der Waals surface area contributed by atoms with Gasteiger partial charge in [0.05, 0.1) is 18.7 Å². The van der Waals surface area contributed by atoms with Crippen LogP contribution in [0.1, 0.15) is 31.7 Å². The summed E-state index contributed by atoms with van der Waals surface area (Å²) in [6, 6.07) is 6.70. The van der Waals surface area contributed by atoms with Crippen LogP contribution in [0.5, 0.6) is 11.5 Å². The fourth-order valence-electron chi connectivity index (χ4n) is 1.32. The largest absolute Gasteiger partial charge is 0.493 e. The maximum atomic E-state index is 11.5. The van der Waals surface area contributed by atoms with Gasteiger partial charge in [0.2, 0.25) is 0 Å². The van der Waals surface area contributed by atoms with Gasteiger partial charge in [-0.25, -0.2) is 0 Å². The number of hydrogen-bond acceptors (Lipinski definition) is 4. The molecule has 0 aliphatic heterocycles. The first-order chi connectivity index (χ1) is 8.21. The topological polar surface area (TPSA) is 59.3 Å². The van der Waals surface area contributed by atoms with Crippen molar-refractivity contribution in [2.75, 3.05) is 7.11 Å². The molecule has 0 bridgehead atoms. The summed E-state index contributed by atoms with van der Waals surface area (Å²) in [5.74, 6) is 0.469. The lowest BCUT2D eigenvalue weighted by atomic mass is 10.2. The maximum Gasteiger partial charge on any atom is 0.311 e. The molecule has 0 radical (unpaired) electrons. The molecule has 0 saturated heterocycles. The van der Waals surface area contributed by atoms with Crippen LogP contribution in [0.15, 0.2) is 18.2 Å². The molecule has 1 aromatic rings. The van der Waals surface area contributed by atoms with E-state index in [0.717, 1.165) is 12.8 Å². The Bertz CT molecular complexity index is 435. The number of carbonyl (C=O) groups excluding carboxylic acids is 1. The number of rotatable bonds is 5. The highest BCUT2D eigenvalue weighted by atomic mass is 16.6. The van der Waals surface area contributed by atoms with E-state index >= 15 is 0 Å². The highest BCUT2D eigenvalue weighted by Crippen LogP contribution is 2.28. The predicted octanol–water partition coefficient (Wildman–Crippen LogP) is 2.66. The minimum Gasteiger partial charge on any atom is -0.493 e. The van der Waals surface area contributed by atoms with Gasteiger partial charge >= 0.3 is 5.97 Å². The van der Waals surface area contributed by atoms with Gasteiger partial charge in [-0.05, 0) is 18.6 Å². The molecule has 1 rings (SSSR count). The van der Waals surface area contributed by atoms with Crippen LogP contribution in [-0.4, -0.2) is 13.1 Å². The van der Waals surface area contributed by atoms with Gasteiger partial charge in [0, 0.05) is 12.5 Å². The van der Waals surface area contributed by atoms with Crippen molar-refractivity contribution < 1.29 is 14.3 Å². The summed E-state index contributed by atoms with van der Waals surface area (Å²) in [4.78, 5) is 11.5. The number of nitriles is 1. The van der Waals surface area contributed by atoms with Crippen LogP contribution in [0.2, 0.25) is 0 Å². The van der Waals surface area contributed by atoms with Crippen LogP contribution < -0.4 is 9.47 Å². The summed E-state index contributed by atoms with van der Waals surface area (Å²) in [5.41, 5.74) is 0.468.